The van der Waals surface area contributed by atoms with Gasteiger partial charge in [-0.15, -0.1) is 11.8 Å². The van der Waals surface area contributed by atoms with E-state index in [2.05, 4.69) is 0 Å². The van der Waals surface area contributed by atoms with Crippen molar-refractivity contribution in [1.82, 2.24) is 4.90 Å². The third kappa shape index (κ3) is 3.98. The van der Waals surface area contributed by atoms with Crippen LogP contribution in [0.15, 0.2) is 30.3 Å². The summed E-state index contributed by atoms with van der Waals surface area (Å²) in [5.74, 6) is -0.227. The average molecular weight is 347 g/mol. The number of hydrogen-bond acceptors (Lipinski definition) is 4. The molecule has 0 bridgehead atoms. The molecule has 1 aromatic carbocycles. The molecule has 2 aliphatic rings. The number of carbonyl (C=O) groups excluding carboxylic acids is 2. The van der Waals surface area contributed by atoms with Crippen LogP contribution in [-0.2, 0) is 9.59 Å². The van der Waals surface area contributed by atoms with Crippen molar-refractivity contribution < 1.29 is 19.5 Å². The van der Waals surface area contributed by atoms with Crippen LogP contribution >= 0.6 is 11.8 Å². The number of carboxylic acid groups (broad SMARTS) is 1. The number of thioether (sulfide) groups is 1. The van der Waals surface area contributed by atoms with Crippen LogP contribution in [0.1, 0.15) is 23.2 Å². The van der Waals surface area contributed by atoms with Crippen molar-refractivity contribution in [2.45, 2.75) is 12.8 Å². The largest absolute Gasteiger partial charge is 0.481 e. The first-order valence-electron chi connectivity index (χ1n) is 8.23. The van der Waals surface area contributed by atoms with Gasteiger partial charge in [0.1, 0.15) is 0 Å². The molecule has 1 aromatic rings. The van der Waals surface area contributed by atoms with Crippen LogP contribution in [0.25, 0.3) is 0 Å². The molecule has 0 unspecified atom stereocenters. The molecule has 1 aliphatic heterocycles. The molecule has 0 aromatic heterocycles. The van der Waals surface area contributed by atoms with E-state index in [1.165, 1.54) is 11.8 Å². The molecular weight excluding hydrogens is 326 g/mol. The maximum Gasteiger partial charge on any atom is 0.308 e. The number of hydrogen-bond donors (Lipinski definition) is 1. The second-order valence-corrected chi connectivity index (χ2v) is 7.51. The maximum atomic E-state index is 12.3. The lowest BCUT2D eigenvalue weighted by molar-refractivity contribution is -0.142. The number of aliphatic carboxylic acids is 1. The summed E-state index contributed by atoms with van der Waals surface area (Å²) in [5.41, 5.74) is 0.651. The fourth-order valence-corrected chi connectivity index (χ4v) is 4.14. The van der Waals surface area contributed by atoms with Crippen molar-refractivity contribution in [3.8, 4) is 0 Å². The number of carboxylic acids is 1. The van der Waals surface area contributed by atoms with Gasteiger partial charge >= 0.3 is 5.97 Å². The molecule has 1 heterocycles. The fourth-order valence-electron chi connectivity index (χ4n) is 3.33. The van der Waals surface area contributed by atoms with Crippen molar-refractivity contribution in [1.29, 1.82) is 0 Å². The number of ketones is 1. The Morgan fingerprint density at radius 1 is 1.08 bits per heavy atom. The molecule has 1 N–H and O–H groups in total. The Labute approximate surface area is 145 Å². The van der Waals surface area contributed by atoms with Crippen molar-refractivity contribution in [2.24, 2.45) is 17.8 Å². The van der Waals surface area contributed by atoms with Gasteiger partial charge in [0.25, 0.3) is 0 Å². The van der Waals surface area contributed by atoms with Gasteiger partial charge in [-0.3, -0.25) is 14.4 Å². The molecule has 128 valence electrons. The summed E-state index contributed by atoms with van der Waals surface area (Å²) < 4.78 is 0. The van der Waals surface area contributed by atoms with Crippen molar-refractivity contribution >= 4 is 29.4 Å². The zero-order valence-corrected chi connectivity index (χ0v) is 14.2. The first kappa shape index (κ1) is 17.0. The lowest BCUT2D eigenvalue weighted by Crippen LogP contribution is -2.31. The van der Waals surface area contributed by atoms with E-state index in [0.29, 0.717) is 24.6 Å². The molecule has 1 aliphatic carbocycles. The zero-order valence-electron chi connectivity index (χ0n) is 13.4. The number of rotatable bonds is 7. The third-order valence-corrected chi connectivity index (χ3v) is 5.73. The Balaban J connectivity index is 1.47. The Morgan fingerprint density at radius 3 is 2.42 bits per heavy atom. The molecule has 0 radical (unpaired) electrons. The Bertz CT molecular complexity index is 629. The highest BCUT2D eigenvalue weighted by atomic mass is 32.2. The van der Waals surface area contributed by atoms with Gasteiger partial charge in [0.15, 0.2) is 5.78 Å². The number of likely N-dealkylation sites (tertiary alicyclic amines) is 1. The molecule has 1 saturated heterocycles. The Morgan fingerprint density at radius 2 is 1.79 bits per heavy atom. The minimum atomic E-state index is -0.797. The minimum Gasteiger partial charge on any atom is -0.481 e. The summed E-state index contributed by atoms with van der Waals surface area (Å²) >= 11 is 1.30. The van der Waals surface area contributed by atoms with Gasteiger partial charge in [-0.25, -0.2) is 0 Å². The first-order chi connectivity index (χ1) is 11.6. The normalized spacial score (nSPS) is 23.2. The van der Waals surface area contributed by atoms with E-state index in [1.54, 1.807) is 17.0 Å². The predicted octanol–water partition coefficient (Wildman–Crippen LogP) is 2.17. The lowest BCUT2D eigenvalue weighted by Gasteiger charge is -2.15. The van der Waals surface area contributed by atoms with Crippen molar-refractivity contribution in [3.63, 3.8) is 0 Å². The summed E-state index contributed by atoms with van der Waals surface area (Å²) in [7, 11) is 0. The predicted molar refractivity (Wildman–Crippen MR) is 92.0 cm³/mol. The molecule has 24 heavy (non-hydrogen) atoms. The van der Waals surface area contributed by atoms with Crippen LogP contribution in [0.2, 0.25) is 0 Å². The van der Waals surface area contributed by atoms with Crippen LogP contribution in [0.3, 0.4) is 0 Å². The van der Waals surface area contributed by atoms with Gasteiger partial charge in [0.2, 0.25) is 5.91 Å². The van der Waals surface area contributed by atoms with Crippen molar-refractivity contribution in [3.05, 3.63) is 35.9 Å². The SMILES string of the molecule is O=C(CSCC(=O)N1C[C@H](C(=O)O)[C@@H](C2CC2)C1)c1ccccc1. The van der Waals surface area contributed by atoms with E-state index in [-0.39, 0.29) is 29.1 Å². The van der Waals surface area contributed by atoms with E-state index in [4.69, 9.17) is 0 Å². The number of Topliss-reactive ketones (excluding diaryl/α,β-unsaturated/α-hetero) is 1. The van der Waals surface area contributed by atoms with E-state index in [9.17, 15) is 19.5 Å². The molecule has 3 rings (SSSR count). The summed E-state index contributed by atoms with van der Waals surface area (Å²) in [6, 6.07) is 9.02. The van der Waals surface area contributed by atoms with Crippen LogP contribution in [0.5, 0.6) is 0 Å². The van der Waals surface area contributed by atoms with Gasteiger partial charge in [-0.2, -0.15) is 0 Å². The van der Waals surface area contributed by atoms with E-state index in [0.717, 1.165) is 12.8 Å². The lowest BCUT2D eigenvalue weighted by atomic mass is 9.92. The Kier molecular flexibility index (Phi) is 5.23. The highest BCUT2D eigenvalue weighted by Gasteiger charge is 2.46. The van der Waals surface area contributed by atoms with Crippen LogP contribution in [-0.4, -0.2) is 52.3 Å². The summed E-state index contributed by atoms with van der Waals surface area (Å²) in [6.07, 6.45) is 2.16. The molecular formula is C18H21NO4S. The minimum absolute atomic E-state index is 0.00842. The molecule has 5 nitrogen and oxygen atoms in total. The Hall–Kier alpha value is -1.82. The second-order valence-electron chi connectivity index (χ2n) is 6.53. The van der Waals surface area contributed by atoms with Gasteiger partial charge < -0.3 is 10.0 Å². The van der Waals surface area contributed by atoms with E-state index >= 15 is 0 Å². The average Bonchev–Trinajstić information content (AvgIpc) is 3.33. The highest BCUT2D eigenvalue weighted by molar-refractivity contribution is 8.00. The zero-order chi connectivity index (χ0) is 17.1. The highest BCUT2D eigenvalue weighted by Crippen LogP contribution is 2.44. The first-order valence-corrected chi connectivity index (χ1v) is 9.38. The number of carbonyl (C=O) groups is 3. The maximum absolute atomic E-state index is 12.3. The van der Waals surface area contributed by atoms with Crippen LogP contribution in [0, 0.1) is 17.8 Å². The van der Waals surface area contributed by atoms with Crippen LogP contribution < -0.4 is 0 Å². The second kappa shape index (κ2) is 7.38. The standard InChI is InChI=1S/C18H21NO4S/c20-16(13-4-2-1-3-5-13)10-24-11-17(21)19-8-14(12-6-7-12)15(9-19)18(22)23/h1-5,12,14-15H,6-11H2,(H,22,23)/t14-,15+/m1/s1. The van der Waals surface area contributed by atoms with Gasteiger partial charge in [0.05, 0.1) is 17.4 Å². The molecule has 6 heteroatoms. The van der Waals surface area contributed by atoms with Gasteiger partial charge in [0, 0.05) is 18.7 Å². The number of amides is 1. The van der Waals surface area contributed by atoms with Crippen LogP contribution in [0.4, 0.5) is 0 Å². The monoisotopic (exact) mass is 347 g/mol. The van der Waals surface area contributed by atoms with Gasteiger partial charge in [-0.1, -0.05) is 30.3 Å². The third-order valence-electron chi connectivity index (χ3n) is 4.82. The topological polar surface area (TPSA) is 74.7 Å². The number of nitrogens with zero attached hydrogens (tertiary/aromatic N) is 1. The molecule has 1 saturated carbocycles. The van der Waals surface area contributed by atoms with E-state index < -0.39 is 11.9 Å². The van der Waals surface area contributed by atoms with Gasteiger partial charge in [-0.05, 0) is 24.7 Å². The van der Waals surface area contributed by atoms with Crippen molar-refractivity contribution in [2.75, 3.05) is 24.6 Å². The molecule has 0 spiro atoms. The fraction of sp³-hybridized carbons (Fsp3) is 0.500. The molecule has 1 amide bonds. The molecule has 2 atom stereocenters. The summed E-state index contributed by atoms with van der Waals surface area (Å²) in [6.45, 7) is 0.857. The quantitative estimate of drug-likeness (QED) is 0.765. The summed E-state index contributed by atoms with van der Waals surface area (Å²) in [5, 5.41) is 9.35. The number of benzene rings is 1. The van der Waals surface area contributed by atoms with E-state index in [1.807, 2.05) is 18.2 Å². The molecule has 2 fully saturated rings. The smallest absolute Gasteiger partial charge is 0.308 e. The summed E-state index contributed by atoms with van der Waals surface area (Å²) in [4.78, 5) is 37.4.